The van der Waals surface area contributed by atoms with Gasteiger partial charge in [0, 0.05) is 12.6 Å². The summed E-state index contributed by atoms with van der Waals surface area (Å²) in [6.45, 7) is 1.03. The molecule has 0 aromatic heterocycles. The van der Waals surface area contributed by atoms with Gasteiger partial charge in [-0.25, -0.2) is 21.9 Å². The van der Waals surface area contributed by atoms with Gasteiger partial charge in [-0.1, -0.05) is 6.42 Å². The Hall–Kier alpha value is -1.05. The number of piperidine rings is 1. The van der Waals surface area contributed by atoms with Crippen molar-refractivity contribution in [1.82, 2.24) is 10.0 Å². The fraction of sp³-hybridized carbons (Fsp3) is 0.500. The number of halogens is 2. The van der Waals surface area contributed by atoms with E-state index in [1.807, 2.05) is 0 Å². The van der Waals surface area contributed by atoms with Crippen LogP contribution >= 0.6 is 0 Å². The molecule has 1 fully saturated rings. The Morgan fingerprint density at radius 3 is 2.79 bits per heavy atom. The summed E-state index contributed by atoms with van der Waals surface area (Å²) < 4.78 is 52.6. The van der Waals surface area contributed by atoms with Gasteiger partial charge in [-0.3, -0.25) is 0 Å². The molecule has 1 aromatic rings. The van der Waals surface area contributed by atoms with Crippen molar-refractivity contribution in [2.75, 3.05) is 13.1 Å². The summed E-state index contributed by atoms with van der Waals surface area (Å²) >= 11 is 0. The molecule has 1 heterocycles. The molecule has 4 nitrogen and oxygen atoms in total. The minimum absolute atomic E-state index is 0.0418. The number of benzene rings is 1. The van der Waals surface area contributed by atoms with Gasteiger partial charge >= 0.3 is 0 Å². The van der Waals surface area contributed by atoms with E-state index in [-0.39, 0.29) is 12.6 Å². The van der Waals surface area contributed by atoms with Crippen LogP contribution in [0.4, 0.5) is 8.78 Å². The monoisotopic (exact) mass is 290 g/mol. The largest absolute Gasteiger partial charge is 0.313 e. The first kappa shape index (κ1) is 14.4. The second-order valence-corrected chi connectivity index (χ2v) is 6.31. The molecule has 1 saturated heterocycles. The molecular weight excluding hydrogens is 274 g/mol. The van der Waals surface area contributed by atoms with Gasteiger partial charge in [0.15, 0.2) is 0 Å². The Labute approximate surface area is 111 Å². The smallest absolute Gasteiger partial charge is 0.243 e. The van der Waals surface area contributed by atoms with E-state index < -0.39 is 26.6 Å². The highest BCUT2D eigenvalue weighted by atomic mass is 32.2. The van der Waals surface area contributed by atoms with Crippen LogP contribution in [0.15, 0.2) is 23.1 Å². The molecule has 0 saturated carbocycles. The lowest BCUT2D eigenvalue weighted by atomic mass is 10.1. The lowest BCUT2D eigenvalue weighted by molar-refractivity contribution is 0.398. The highest BCUT2D eigenvalue weighted by Gasteiger charge is 2.22. The summed E-state index contributed by atoms with van der Waals surface area (Å²) in [5, 5.41) is 3.17. The molecule has 1 aromatic carbocycles. The van der Waals surface area contributed by atoms with Gasteiger partial charge in [0.05, 0.1) is 0 Å². The van der Waals surface area contributed by atoms with Crippen molar-refractivity contribution < 1.29 is 17.2 Å². The molecule has 106 valence electrons. The van der Waals surface area contributed by atoms with Crippen LogP contribution in [0.1, 0.15) is 19.3 Å². The molecule has 0 aliphatic carbocycles. The van der Waals surface area contributed by atoms with Crippen molar-refractivity contribution in [2.24, 2.45) is 0 Å². The van der Waals surface area contributed by atoms with E-state index in [4.69, 9.17) is 0 Å². The van der Waals surface area contributed by atoms with Crippen LogP contribution in [0, 0.1) is 11.6 Å². The first-order valence-electron chi connectivity index (χ1n) is 6.17. The van der Waals surface area contributed by atoms with Crippen LogP contribution < -0.4 is 10.0 Å². The summed E-state index contributed by atoms with van der Waals surface area (Å²) in [7, 11) is -4.02. The summed E-state index contributed by atoms with van der Waals surface area (Å²) in [4.78, 5) is -0.650. The highest BCUT2D eigenvalue weighted by Crippen LogP contribution is 2.16. The minimum atomic E-state index is -4.02. The Morgan fingerprint density at radius 1 is 1.32 bits per heavy atom. The van der Waals surface area contributed by atoms with E-state index in [0.29, 0.717) is 6.07 Å². The molecule has 1 atom stereocenters. The zero-order valence-electron chi connectivity index (χ0n) is 10.3. The number of nitrogens with one attached hydrogen (secondary N) is 2. The van der Waals surface area contributed by atoms with Crippen molar-refractivity contribution in [2.45, 2.75) is 30.2 Å². The van der Waals surface area contributed by atoms with Gasteiger partial charge in [-0.2, -0.15) is 0 Å². The third-order valence-electron chi connectivity index (χ3n) is 3.11. The van der Waals surface area contributed by atoms with Gasteiger partial charge in [0.25, 0.3) is 0 Å². The van der Waals surface area contributed by atoms with E-state index in [1.54, 1.807) is 0 Å². The lowest BCUT2D eigenvalue weighted by Crippen LogP contribution is -2.43. The average Bonchev–Trinajstić information content (AvgIpc) is 2.40. The molecule has 0 unspecified atom stereocenters. The summed E-state index contributed by atoms with van der Waals surface area (Å²) in [6, 6.07) is 2.42. The zero-order chi connectivity index (χ0) is 13.9. The molecule has 0 spiro atoms. The van der Waals surface area contributed by atoms with Gasteiger partial charge in [-0.15, -0.1) is 0 Å². The SMILES string of the molecule is O=S(=O)(NC[C@H]1CCCCN1)c1cc(F)ccc1F. The summed E-state index contributed by atoms with van der Waals surface area (Å²) in [5.41, 5.74) is 0. The van der Waals surface area contributed by atoms with Crippen molar-refractivity contribution in [3.63, 3.8) is 0 Å². The van der Waals surface area contributed by atoms with Crippen molar-refractivity contribution in [1.29, 1.82) is 0 Å². The zero-order valence-corrected chi connectivity index (χ0v) is 11.1. The van der Waals surface area contributed by atoms with Crippen molar-refractivity contribution in [3.05, 3.63) is 29.8 Å². The maximum absolute atomic E-state index is 13.4. The summed E-state index contributed by atoms with van der Waals surface area (Å²) in [5.74, 6) is -1.73. The Bertz CT molecular complexity index is 543. The predicted octanol–water partition coefficient (Wildman–Crippen LogP) is 1.39. The predicted molar refractivity (Wildman–Crippen MR) is 67.2 cm³/mol. The van der Waals surface area contributed by atoms with Crippen LogP contribution in [0.25, 0.3) is 0 Å². The molecule has 1 aliphatic rings. The fourth-order valence-corrected chi connectivity index (χ4v) is 3.24. The molecular formula is C12H16F2N2O2S. The molecule has 0 amide bonds. The second-order valence-electron chi connectivity index (χ2n) is 4.57. The molecule has 7 heteroatoms. The quantitative estimate of drug-likeness (QED) is 0.881. The van der Waals surface area contributed by atoms with Crippen LogP contribution in [0.2, 0.25) is 0 Å². The van der Waals surface area contributed by atoms with Crippen molar-refractivity contribution in [3.8, 4) is 0 Å². The number of rotatable bonds is 4. The van der Waals surface area contributed by atoms with E-state index in [0.717, 1.165) is 37.9 Å². The molecule has 0 bridgehead atoms. The Balaban J connectivity index is 2.07. The van der Waals surface area contributed by atoms with Crippen LogP contribution in [-0.4, -0.2) is 27.5 Å². The van der Waals surface area contributed by atoms with Gasteiger partial charge in [0.1, 0.15) is 16.5 Å². The maximum atomic E-state index is 13.4. The van der Waals surface area contributed by atoms with E-state index in [1.165, 1.54) is 0 Å². The molecule has 2 rings (SSSR count). The molecule has 2 N–H and O–H groups in total. The van der Waals surface area contributed by atoms with Crippen LogP contribution in [0.5, 0.6) is 0 Å². The van der Waals surface area contributed by atoms with E-state index in [2.05, 4.69) is 10.0 Å². The summed E-state index contributed by atoms with van der Waals surface area (Å²) in [6.07, 6.45) is 2.98. The first-order chi connectivity index (χ1) is 8.99. The van der Waals surface area contributed by atoms with E-state index in [9.17, 15) is 17.2 Å². The average molecular weight is 290 g/mol. The molecule has 0 radical (unpaired) electrons. The second kappa shape index (κ2) is 5.94. The van der Waals surface area contributed by atoms with Gasteiger partial charge in [-0.05, 0) is 37.6 Å². The van der Waals surface area contributed by atoms with Crippen LogP contribution in [-0.2, 0) is 10.0 Å². The third-order valence-corrected chi connectivity index (χ3v) is 4.55. The van der Waals surface area contributed by atoms with Gasteiger partial charge < -0.3 is 5.32 Å². The normalized spacial score (nSPS) is 20.4. The van der Waals surface area contributed by atoms with Gasteiger partial charge in [0.2, 0.25) is 10.0 Å². The maximum Gasteiger partial charge on any atom is 0.243 e. The number of sulfonamides is 1. The van der Waals surface area contributed by atoms with Crippen molar-refractivity contribution >= 4 is 10.0 Å². The lowest BCUT2D eigenvalue weighted by Gasteiger charge is -2.23. The first-order valence-corrected chi connectivity index (χ1v) is 7.65. The number of hydrogen-bond donors (Lipinski definition) is 2. The third kappa shape index (κ3) is 3.71. The molecule has 19 heavy (non-hydrogen) atoms. The van der Waals surface area contributed by atoms with E-state index >= 15 is 0 Å². The number of hydrogen-bond acceptors (Lipinski definition) is 3. The Morgan fingerprint density at radius 2 is 2.11 bits per heavy atom. The minimum Gasteiger partial charge on any atom is -0.313 e. The Kier molecular flexibility index (Phi) is 4.49. The standard InChI is InChI=1S/C12H16F2N2O2S/c13-9-4-5-11(14)12(7-9)19(17,18)16-8-10-3-1-2-6-15-10/h4-5,7,10,15-16H,1-3,6,8H2/t10-/m1/s1. The highest BCUT2D eigenvalue weighted by molar-refractivity contribution is 7.89. The fourth-order valence-electron chi connectivity index (χ4n) is 2.07. The van der Waals surface area contributed by atoms with Crippen LogP contribution in [0.3, 0.4) is 0 Å². The molecule has 1 aliphatic heterocycles. The topological polar surface area (TPSA) is 58.2 Å².